The number of esters is 1. The maximum Gasteiger partial charge on any atom is 0.343 e. The molecule has 0 radical (unpaired) electrons. The van der Waals surface area contributed by atoms with Crippen molar-refractivity contribution < 1.29 is 19.1 Å². The first kappa shape index (κ1) is 18.3. The molecule has 27 heavy (non-hydrogen) atoms. The highest BCUT2D eigenvalue weighted by molar-refractivity contribution is 7.12. The van der Waals surface area contributed by atoms with E-state index < -0.39 is 5.97 Å². The zero-order chi connectivity index (χ0) is 19.2. The van der Waals surface area contributed by atoms with Crippen molar-refractivity contribution >= 4 is 40.5 Å². The van der Waals surface area contributed by atoms with Gasteiger partial charge in [0, 0.05) is 18.3 Å². The lowest BCUT2D eigenvalue weighted by molar-refractivity contribution is -0.114. The fraction of sp³-hybridized carbons (Fsp3) is 0.0500. The van der Waals surface area contributed by atoms with Crippen LogP contribution in [0.4, 0.5) is 11.4 Å². The summed E-state index contributed by atoms with van der Waals surface area (Å²) in [5, 5.41) is 7.21. The van der Waals surface area contributed by atoms with Crippen LogP contribution in [0.2, 0.25) is 0 Å². The van der Waals surface area contributed by atoms with Gasteiger partial charge in [-0.2, -0.15) is 0 Å². The van der Waals surface area contributed by atoms with Crippen LogP contribution in [0.1, 0.15) is 27.0 Å². The van der Waals surface area contributed by atoms with Crippen LogP contribution >= 0.6 is 11.3 Å². The van der Waals surface area contributed by atoms with Gasteiger partial charge in [-0.15, -0.1) is 11.3 Å². The van der Waals surface area contributed by atoms with Gasteiger partial charge in [-0.05, 0) is 53.9 Å². The summed E-state index contributed by atoms with van der Waals surface area (Å²) in [5.41, 5.74) is 1.43. The molecule has 0 fully saturated rings. The van der Waals surface area contributed by atoms with Gasteiger partial charge < -0.3 is 15.4 Å². The zero-order valence-corrected chi connectivity index (χ0v) is 15.2. The van der Waals surface area contributed by atoms with E-state index >= 15 is 0 Å². The van der Waals surface area contributed by atoms with Crippen molar-refractivity contribution in [2.75, 3.05) is 10.6 Å². The van der Waals surface area contributed by atoms with Gasteiger partial charge in [-0.25, -0.2) is 4.79 Å². The Labute approximate surface area is 159 Å². The number of carbonyl (C=O) groups is 3. The summed E-state index contributed by atoms with van der Waals surface area (Å²) < 4.78 is 5.33. The lowest BCUT2D eigenvalue weighted by Gasteiger charge is -2.08. The molecule has 6 nitrogen and oxygen atoms in total. The summed E-state index contributed by atoms with van der Waals surface area (Å²) in [7, 11) is 0. The highest BCUT2D eigenvalue weighted by atomic mass is 32.1. The first-order valence-electron chi connectivity index (χ1n) is 8.06. The van der Waals surface area contributed by atoms with E-state index in [2.05, 4.69) is 10.6 Å². The number of hydrogen-bond acceptors (Lipinski definition) is 5. The molecule has 0 spiro atoms. The van der Waals surface area contributed by atoms with Crippen LogP contribution in [0, 0.1) is 0 Å². The number of nitrogens with one attached hydrogen (secondary N) is 2. The van der Waals surface area contributed by atoms with Crippen molar-refractivity contribution in [3.05, 3.63) is 76.5 Å². The Morgan fingerprint density at radius 1 is 0.889 bits per heavy atom. The van der Waals surface area contributed by atoms with Crippen LogP contribution in [0.5, 0.6) is 5.75 Å². The molecule has 0 aliphatic carbocycles. The molecule has 1 heterocycles. The molecule has 0 bridgehead atoms. The second-order valence-corrected chi connectivity index (χ2v) is 6.56. The molecule has 0 atom stereocenters. The molecule has 136 valence electrons. The molecule has 0 aliphatic heterocycles. The van der Waals surface area contributed by atoms with E-state index in [4.69, 9.17) is 4.74 Å². The average Bonchev–Trinajstić information content (AvgIpc) is 3.18. The number of anilines is 2. The molecule has 0 unspecified atom stereocenters. The monoisotopic (exact) mass is 380 g/mol. The molecule has 1 aromatic heterocycles. The molecular weight excluding hydrogens is 364 g/mol. The summed E-state index contributed by atoms with van der Waals surface area (Å²) in [6, 6.07) is 16.5. The molecule has 3 aromatic rings. The minimum atomic E-state index is -0.547. The number of hydrogen-bond donors (Lipinski definition) is 2. The number of rotatable bonds is 5. The van der Waals surface area contributed by atoms with Gasteiger partial charge in [0.2, 0.25) is 5.91 Å². The summed E-state index contributed by atoms with van der Waals surface area (Å²) in [4.78, 5) is 36.1. The van der Waals surface area contributed by atoms with E-state index in [1.807, 2.05) is 5.38 Å². The number of thiophene rings is 1. The maximum absolute atomic E-state index is 12.3. The number of amides is 2. The van der Waals surface area contributed by atoms with E-state index in [1.165, 1.54) is 18.3 Å². The van der Waals surface area contributed by atoms with Gasteiger partial charge in [0.05, 0.1) is 10.4 Å². The SMILES string of the molecule is CC(=O)Nc1ccc(OC(=O)c2cccc(NC(=O)c3cccs3)c2)cc1. The highest BCUT2D eigenvalue weighted by Gasteiger charge is 2.12. The number of benzene rings is 2. The fourth-order valence-electron chi connectivity index (χ4n) is 2.30. The Morgan fingerprint density at radius 2 is 1.67 bits per heavy atom. The topological polar surface area (TPSA) is 84.5 Å². The van der Waals surface area contributed by atoms with E-state index in [0.29, 0.717) is 27.6 Å². The zero-order valence-electron chi connectivity index (χ0n) is 14.4. The Hall–Kier alpha value is -3.45. The number of ether oxygens (including phenoxy) is 1. The first-order valence-corrected chi connectivity index (χ1v) is 8.94. The predicted molar refractivity (Wildman–Crippen MR) is 104 cm³/mol. The first-order chi connectivity index (χ1) is 13.0. The average molecular weight is 380 g/mol. The van der Waals surface area contributed by atoms with Gasteiger partial charge in [-0.3, -0.25) is 9.59 Å². The molecule has 3 rings (SSSR count). The van der Waals surface area contributed by atoms with E-state index in [-0.39, 0.29) is 11.8 Å². The van der Waals surface area contributed by atoms with Crippen LogP contribution < -0.4 is 15.4 Å². The van der Waals surface area contributed by atoms with Gasteiger partial charge in [0.25, 0.3) is 5.91 Å². The van der Waals surface area contributed by atoms with Crippen molar-refractivity contribution in [1.82, 2.24) is 0 Å². The molecule has 2 N–H and O–H groups in total. The van der Waals surface area contributed by atoms with E-state index in [0.717, 1.165) is 0 Å². The minimum Gasteiger partial charge on any atom is -0.423 e. The quantitative estimate of drug-likeness (QED) is 0.514. The Kier molecular flexibility index (Phi) is 5.63. The fourth-order valence-corrected chi connectivity index (χ4v) is 2.92. The van der Waals surface area contributed by atoms with Crippen molar-refractivity contribution in [2.45, 2.75) is 6.92 Å². The van der Waals surface area contributed by atoms with Crippen molar-refractivity contribution in [3.8, 4) is 5.75 Å². The number of carbonyl (C=O) groups excluding carboxylic acids is 3. The molecule has 0 saturated carbocycles. The summed E-state index contributed by atoms with van der Waals surface area (Å²) in [6.45, 7) is 1.41. The smallest absolute Gasteiger partial charge is 0.343 e. The maximum atomic E-state index is 12.3. The largest absolute Gasteiger partial charge is 0.423 e. The second kappa shape index (κ2) is 8.29. The summed E-state index contributed by atoms with van der Waals surface area (Å²) in [5.74, 6) is -0.609. The Bertz CT molecular complexity index is 966. The van der Waals surface area contributed by atoms with Gasteiger partial charge in [0.15, 0.2) is 0 Å². The minimum absolute atomic E-state index is 0.179. The van der Waals surface area contributed by atoms with Gasteiger partial charge in [-0.1, -0.05) is 12.1 Å². The van der Waals surface area contributed by atoms with Crippen LogP contribution in [-0.4, -0.2) is 17.8 Å². The van der Waals surface area contributed by atoms with Crippen molar-refractivity contribution in [1.29, 1.82) is 0 Å². The van der Waals surface area contributed by atoms with Crippen LogP contribution in [0.3, 0.4) is 0 Å². The third kappa shape index (κ3) is 5.02. The summed E-state index contributed by atoms with van der Waals surface area (Å²) in [6.07, 6.45) is 0. The lowest BCUT2D eigenvalue weighted by Crippen LogP contribution is -2.12. The summed E-state index contributed by atoms with van der Waals surface area (Å²) >= 11 is 1.34. The van der Waals surface area contributed by atoms with Crippen molar-refractivity contribution in [2.24, 2.45) is 0 Å². The second-order valence-electron chi connectivity index (χ2n) is 5.61. The van der Waals surface area contributed by atoms with Crippen LogP contribution in [0.25, 0.3) is 0 Å². The highest BCUT2D eigenvalue weighted by Crippen LogP contribution is 2.19. The molecule has 7 heteroatoms. The van der Waals surface area contributed by atoms with Crippen molar-refractivity contribution in [3.63, 3.8) is 0 Å². The molecule has 0 aliphatic rings. The Balaban J connectivity index is 1.66. The predicted octanol–water partition coefficient (Wildman–Crippen LogP) is 4.18. The third-order valence-electron chi connectivity index (χ3n) is 3.49. The molecule has 2 amide bonds. The van der Waals surface area contributed by atoms with Crippen LogP contribution in [0.15, 0.2) is 66.0 Å². The molecule has 0 saturated heterocycles. The Morgan fingerprint density at radius 3 is 2.33 bits per heavy atom. The van der Waals surface area contributed by atoms with E-state index in [9.17, 15) is 14.4 Å². The molecular formula is C20H16N2O4S. The lowest BCUT2D eigenvalue weighted by atomic mass is 10.2. The standard InChI is InChI=1S/C20H16N2O4S/c1-13(23)21-15-7-9-17(10-8-15)26-20(25)14-4-2-5-16(12-14)22-19(24)18-6-3-11-27-18/h2-12H,1H3,(H,21,23)(H,22,24). The van der Waals surface area contributed by atoms with E-state index in [1.54, 1.807) is 60.7 Å². The van der Waals surface area contributed by atoms with Gasteiger partial charge in [0.1, 0.15) is 5.75 Å². The normalized spacial score (nSPS) is 10.1. The third-order valence-corrected chi connectivity index (χ3v) is 4.35. The van der Waals surface area contributed by atoms with Gasteiger partial charge >= 0.3 is 5.97 Å². The molecule has 2 aromatic carbocycles. The van der Waals surface area contributed by atoms with Crippen LogP contribution in [-0.2, 0) is 4.79 Å².